The summed E-state index contributed by atoms with van der Waals surface area (Å²) in [6.45, 7) is 2.63. The maximum Gasteiger partial charge on any atom is 0.212 e. The van der Waals surface area contributed by atoms with Gasteiger partial charge in [0, 0.05) is 11.3 Å². The van der Waals surface area contributed by atoms with Crippen LogP contribution in [0.25, 0.3) is 11.4 Å². The molecule has 120 valence electrons. The predicted molar refractivity (Wildman–Crippen MR) is 95.7 cm³/mol. The largest absolute Gasteiger partial charge is 0.494 e. The number of hydrogen-bond acceptors (Lipinski definition) is 5. The molecule has 0 aliphatic carbocycles. The van der Waals surface area contributed by atoms with E-state index in [0.717, 1.165) is 39.3 Å². The fourth-order valence-electron chi connectivity index (χ4n) is 2.55. The fourth-order valence-corrected chi connectivity index (χ4v) is 3.38. The number of ether oxygens (including phenoxy) is 1. The van der Waals surface area contributed by atoms with Crippen molar-refractivity contribution in [2.75, 3.05) is 12.4 Å². The van der Waals surface area contributed by atoms with Gasteiger partial charge in [0.25, 0.3) is 0 Å². The highest BCUT2D eigenvalue weighted by molar-refractivity contribution is 7.99. The molecule has 2 aromatic carbocycles. The van der Waals surface area contributed by atoms with Crippen LogP contribution in [0.2, 0.25) is 0 Å². The first-order valence-electron chi connectivity index (χ1n) is 7.80. The summed E-state index contributed by atoms with van der Waals surface area (Å²) in [6.07, 6.45) is 0. The van der Waals surface area contributed by atoms with E-state index in [0.29, 0.717) is 6.61 Å². The van der Waals surface area contributed by atoms with E-state index in [1.165, 1.54) is 0 Å². The second-order valence-corrected chi connectivity index (χ2v) is 6.22. The molecule has 6 heteroatoms. The number of benzene rings is 2. The standard InChI is InChI=1S/C18H16N4OS/c1-2-23-15-10-8-14(9-11-15)17-19-20-18-22(17)21-16(12-24-18)13-6-4-3-5-7-13/h3-11H,2,12H2,1H3. The topological polar surface area (TPSA) is 52.3 Å². The Hall–Kier alpha value is -2.60. The Morgan fingerprint density at radius 2 is 1.79 bits per heavy atom. The van der Waals surface area contributed by atoms with Crippen molar-refractivity contribution >= 4 is 17.5 Å². The van der Waals surface area contributed by atoms with Gasteiger partial charge in [-0.3, -0.25) is 0 Å². The minimum Gasteiger partial charge on any atom is -0.494 e. The molecule has 0 N–H and O–H groups in total. The molecule has 1 aliphatic heterocycles. The molecule has 2 heterocycles. The summed E-state index contributed by atoms with van der Waals surface area (Å²) >= 11 is 1.65. The number of nitrogens with zero attached hydrogens (tertiary/aromatic N) is 4. The molecule has 3 aromatic rings. The van der Waals surface area contributed by atoms with E-state index in [-0.39, 0.29) is 0 Å². The van der Waals surface area contributed by atoms with E-state index in [2.05, 4.69) is 22.3 Å². The molecule has 0 amide bonds. The van der Waals surface area contributed by atoms with Crippen molar-refractivity contribution in [3.05, 3.63) is 60.2 Å². The van der Waals surface area contributed by atoms with Gasteiger partial charge in [-0.05, 0) is 36.8 Å². The molecule has 0 saturated carbocycles. The second-order valence-electron chi connectivity index (χ2n) is 5.28. The molecule has 24 heavy (non-hydrogen) atoms. The van der Waals surface area contributed by atoms with E-state index < -0.39 is 0 Å². The van der Waals surface area contributed by atoms with Gasteiger partial charge in [-0.15, -0.1) is 10.2 Å². The van der Waals surface area contributed by atoms with Crippen LogP contribution in [0.1, 0.15) is 12.5 Å². The number of thioether (sulfide) groups is 1. The van der Waals surface area contributed by atoms with Gasteiger partial charge in [-0.2, -0.15) is 9.78 Å². The molecule has 0 radical (unpaired) electrons. The zero-order valence-corrected chi connectivity index (χ0v) is 14.0. The summed E-state index contributed by atoms with van der Waals surface area (Å²) in [7, 11) is 0. The first-order chi connectivity index (χ1) is 11.8. The van der Waals surface area contributed by atoms with Crippen LogP contribution in [0, 0.1) is 0 Å². The van der Waals surface area contributed by atoms with Crippen molar-refractivity contribution in [3.8, 4) is 17.1 Å². The molecule has 1 aromatic heterocycles. The zero-order chi connectivity index (χ0) is 16.4. The summed E-state index contributed by atoms with van der Waals surface area (Å²) in [4.78, 5) is 0. The molecule has 4 rings (SSSR count). The number of hydrogen-bond donors (Lipinski definition) is 0. The van der Waals surface area contributed by atoms with Crippen LogP contribution in [0.4, 0.5) is 0 Å². The number of rotatable bonds is 4. The maximum absolute atomic E-state index is 5.49. The molecule has 0 atom stereocenters. The van der Waals surface area contributed by atoms with Gasteiger partial charge in [0.15, 0.2) is 5.82 Å². The van der Waals surface area contributed by atoms with E-state index in [1.807, 2.05) is 54.1 Å². The van der Waals surface area contributed by atoms with E-state index in [9.17, 15) is 0 Å². The highest BCUT2D eigenvalue weighted by Gasteiger charge is 2.20. The average Bonchev–Trinajstić information content (AvgIpc) is 3.06. The third kappa shape index (κ3) is 2.80. The van der Waals surface area contributed by atoms with Gasteiger partial charge < -0.3 is 4.74 Å². The van der Waals surface area contributed by atoms with Crippen molar-refractivity contribution in [1.29, 1.82) is 0 Å². The molecule has 0 bridgehead atoms. The first-order valence-corrected chi connectivity index (χ1v) is 8.78. The maximum atomic E-state index is 5.49. The van der Waals surface area contributed by atoms with Crippen molar-refractivity contribution in [2.24, 2.45) is 5.10 Å². The minimum absolute atomic E-state index is 0.654. The lowest BCUT2D eigenvalue weighted by Gasteiger charge is -2.14. The zero-order valence-electron chi connectivity index (χ0n) is 13.2. The summed E-state index contributed by atoms with van der Waals surface area (Å²) in [5, 5.41) is 14.2. The Morgan fingerprint density at radius 3 is 2.54 bits per heavy atom. The quantitative estimate of drug-likeness (QED) is 0.729. The molecule has 5 nitrogen and oxygen atoms in total. The third-order valence-electron chi connectivity index (χ3n) is 3.70. The number of fused-ring (bicyclic) bond motifs is 1. The van der Waals surface area contributed by atoms with Crippen LogP contribution in [-0.2, 0) is 0 Å². The van der Waals surface area contributed by atoms with Crippen LogP contribution >= 0.6 is 11.8 Å². The van der Waals surface area contributed by atoms with E-state index in [4.69, 9.17) is 9.84 Å². The average molecular weight is 336 g/mol. The third-order valence-corrected chi connectivity index (χ3v) is 4.63. The lowest BCUT2D eigenvalue weighted by atomic mass is 10.1. The van der Waals surface area contributed by atoms with Crippen LogP contribution < -0.4 is 4.74 Å². The van der Waals surface area contributed by atoms with E-state index >= 15 is 0 Å². The summed E-state index contributed by atoms with van der Waals surface area (Å²) in [5.74, 6) is 2.39. The lowest BCUT2D eigenvalue weighted by Crippen LogP contribution is -2.13. The highest BCUT2D eigenvalue weighted by Crippen LogP contribution is 2.29. The SMILES string of the molecule is CCOc1ccc(-c2nnc3n2N=C(c2ccccc2)CS3)cc1. The lowest BCUT2D eigenvalue weighted by molar-refractivity contribution is 0.340. The summed E-state index contributed by atoms with van der Waals surface area (Å²) in [6, 6.07) is 18.1. The van der Waals surface area contributed by atoms with Crippen LogP contribution in [-0.4, -0.2) is 32.9 Å². The van der Waals surface area contributed by atoms with Gasteiger partial charge in [0.05, 0.1) is 12.3 Å². The second kappa shape index (κ2) is 6.49. The van der Waals surface area contributed by atoms with Gasteiger partial charge in [0.1, 0.15) is 5.75 Å². The summed E-state index contributed by atoms with van der Waals surface area (Å²) < 4.78 is 7.32. The Balaban J connectivity index is 1.71. The van der Waals surface area contributed by atoms with Crippen molar-refractivity contribution in [2.45, 2.75) is 12.1 Å². The smallest absolute Gasteiger partial charge is 0.212 e. The van der Waals surface area contributed by atoms with E-state index in [1.54, 1.807) is 11.8 Å². The Labute approximate surface area is 144 Å². The summed E-state index contributed by atoms with van der Waals surface area (Å²) in [5.41, 5.74) is 3.12. The molecular formula is C18H16N4OS. The molecule has 0 fully saturated rings. The van der Waals surface area contributed by atoms with Crippen molar-refractivity contribution in [1.82, 2.24) is 14.9 Å². The van der Waals surface area contributed by atoms with Gasteiger partial charge in [0.2, 0.25) is 5.16 Å². The normalized spacial score (nSPS) is 13.3. The monoisotopic (exact) mass is 336 g/mol. The minimum atomic E-state index is 0.654. The molecule has 0 spiro atoms. The van der Waals surface area contributed by atoms with Gasteiger partial charge in [-0.1, -0.05) is 42.1 Å². The molecule has 0 saturated heterocycles. The van der Waals surface area contributed by atoms with Crippen LogP contribution in [0.3, 0.4) is 0 Å². The van der Waals surface area contributed by atoms with Crippen molar-refractivity contribution < 1.29 is 4.74 Å². The first kappa shape index (κ1) is 15.0. The molecular weight excluding hydrogens is 320 g/mol. The van der Waals surface area contributed by atoms with Crippen molar-refractivity contribution in [3.63, 3.8) is 0 Å². The predicted octanol–water partition coefficient (Wildman–Crippen LogP) is 3.70. The van der Waals surface area contributed by atoms with Crippen LogP contribution in [0.15, 0.2) is 64.9 Å². The number of aromatic nitrogens is 3. The Bertz CT molecular complexity index is 872. The Morgan fingerprint density at radius 1 is 1.00 bits per heavy atom. The van der Waals surface area contributed by atoms with Gasteiger partial charge in [-0.25, -0.2) is 0 Å². The highest BCUT2D eigenvalue weighted by atomic mass is 32.2. The Kier molecular flexibility index (Phi) is 4.04. The van der Waals surface area contributed by atoms with Gasteiger partial charge >= 0.3 is 0 Å². The molecule has 0 unspecified atom stereocenters. The molecule has 1 aliphatic rings. The van der Waals surface area contributed by atoms with Crippen LogP contribution in [0.5, 0.6) is 5.75 Å². The fraction of sp³-hybridized carbons (Fsp3) is 0.167.